The van der Waals surface area contributed by atoms with Crippen LogP contribution in [0.5, 0.6) is 0 Å². The Labute approximate surface area is 94.0 Å². The maximum atomic E-state index is 11.0. The average Bonchev–Trinajstić information content (AvgIpc) is 2.76. The molecule has 6 heteroatoms. The summed E-state index contributed by atoms with van der Waals surface area (Å²) in [6, 6.07) is 5.26. The molecule has 0 atom stereocenters. The molecule has 0 aliphatic heterocycles. The Hall–Kier alpha value is -2.01. The Balaban J connectivity index is 2.52. The van der Waals surface area contributed by atoms with E-state index in [2.05, 4.69) is 15.2 Å². The number of hydrogen-bond acceptors (Lipinski definition) is 2. The van der Waals surface area contributed by atoms with Crippen LogP contribution in [0.4, 0.5) is 0 Å². The standard InChI is InChI=1S/C10H6ClN3O2/c11-4-1-2-6-5(3-4)7-8(10(15)16)13-14-9(7)12-6/h1-3H,(H,15,16)(H2,12,13,14). The van der Waals surface area contributed by atoms with Crippen LogP contribution in [0.15, 0.2) is 18.2 Å². The first-order chi connectivity index (χ1) is 7.66. The quantitative estimate of drug-likeness (QED) is 0.606. The van der Waals surface area contributed by atoms with E-state index in [-0.39, 0.29) is 5.69 Å². The molecule has 3 rings (SSSR count). The molecule has 0 spiro atoms. The smallest absolute Gasteiger partial charge is 0.354 e. The van der Waals surface area contributed by atoms with Crippen LogP contribution < -0.4 is 0 Å². The van der Waals surface area contributed by atoms with Crippen molar-refractivity contribution in [2.75, 3.05) is 0 Å². The Morgan fingerprint density at radius 1 is 1.44 bits per heavy atom. The van der Waals surface area contributed by atoms with E-state index in [0.29, 0.717) is 16.1 Å². The van der Waals surface area contributed by atoms with Gasteiger partial charge in [-0.3, -0.25) is 5.10 Å². The number of aromatic nitrogens is 3. The fraction of sp³-hybridized carbons (Fsp3) is 0. The van der Waals surface area contributed by atoms with Crippen molar-refractivity contribution >= 4 is 39.5 Å². The minimum Gasteiger partial charge on any atom is -0.477 e. The van der Waals surface area contributed by atoms with Crippen LogP contribution in [0.25, 0.3) is 21.9 Å². The van der Waals surface area contributed by atoms with Crippen LogP contribution in [-0.4, -0.2) is 26.3 Å². The molecule has 2 heterocycles. The highest BCUT2D eigenvalue weighted by atomic mass is 35.5. The Morgan fingerprint density at radius 2 is 2.25 bits per heavy atom. The van der Waals surface area contributed by atoms with Gasteiger partial charge in [-0.25, -0.2) is 4.79 Å². The minimum atomic E-state index is -1.04. The van der Waals surface area contributed by atoms with Gasteiger partial charge in [0.2, 0.25) is 0 Å². The predicted octanol–water partition coefficient (Wildman–Crippen LogP) is 2.40. The zero-order valence-electron chi connectivity index (χ0n) is 7.91. The van der Waals surface area contributed by atoms with Crippen LogP contribution in [-0.2, 0) is 0 Å². The lowest BCUT2D eigenvalue weighted by atomic mass is 10.2. The van der Waals surface area contributed by atoms with Crippen molar-refractivity contribution in [1.29, 1.82) is 0 Å². The lowest BCUT2D eigenvalue weighted by molar-refractivity contribution is 0.0692. The first kappa shape index (κ1) is 9.23. The van der Waals surface area contributed by atoms with E-state index in [4.69, 9.17) is 16.7 Å². The molecular weight excluding hydrogens is 230 g/mol. The molecule has 2 aromatic heterocycles. The lowest BCUT2D eigenvalue weighted by Crippen LogP contribution is -1.96. The molecule has 0 aliphatic carbocycles. The molecule has 0 saturated heterocycles. The molecule has 0 aliphatic rings. The van der Waals surface area contributed by atoms with Crippen molar-refractivity contribution in [3.8, 4) is 0 Å². The minimum absolute atomic E-state index is 0.0727. The number of hydrogen-bond donors (Lipinski definition) is 3. The summed E-state index contributed by atoms with van der Waals surface area (Å²) >= 11 is 5.88. The summed E-state index contributed by atoms with van der Waals surface area (Å²) < 4.78 is 0. The first-order valence-electron chi connectivity index (χ1n) is 4.55. The van der Waals surface area contributed by atoms with Gasteiger partial charge in [-0.1, -0.05) is 11.6 Å². The molecule has 16 heavy (non-hydrogen) atoms. The van der Waals surface area contributed by atoms with E-state index < -0.39 is 5.97 Å². The second kappa shape index (κ2) is 2.99. The van der Waals surface area contributed by atoms with Gasteiger partial charge in [0.05, 0.1) is 5.39 Å². The summed E-state index contributed by atoms with van der Waals surface area (Å²) in [6.07, 6.45) is 0. The number of fused-ring (bicyclic) bond motifs is 3. The highest BCUT2D eigenvalue weighted by molar-refractivity contribution is 6.32. The van der Waals surface area contributed by atoms with E-state index in [1.165, 1.54) is 0 Å². The molecular formula is C10H6ClN3O2. The van der Waals surface area contributed by atoms with Crippen molar-refractivity contribution in [2.45, 2.75) is 0 Å². The number of nitrogens with one attached hydrogen (secondary N) is 2. The molecule has 0 bridgehead atoms. The topological polar surface area (TPSA) is 81.8 Å². The zero-order valence-corrected chi connectivity index (χ0v) is 8.67. The fourth-order valence-corrected chi connectivity index (χ4v) is 1.98. The number of aromatic amines is 2. The van der Waals surface area contributed by atoms with Gasteiger partial charge in [-0.05, 0) is 18.2 Å². The summed E-state index contributed by atoms with van der Waals surface area (Å²) in [5, 5.41) is 17.3. The summed E-state index contributed by atoms with van der Waals surface area (Å²) in [6.45, 7) is 0. The summed E-state index contributed by atoms with van der Waals surface area (Å²) in [5.41, 5.74) is 1.41. The van der Waals surface area contributed by atoms with E-state index in [0.717, 1.165) is 10.9 Å². The number of benzene rings is 1. The molecule has 0 fully saturated rings. The van der Waals surface area contributed by atoms with Gasteiger partial charge in [0, 0.05) is 15.9 Å². The summed E-state index contributed by atoms with van der Waals surface area (Å²) in [5.74, 6) is -1.04. The van der Waals surface area contributed by atoms with Crippen molar-refractivity contribution in [3.63, 3.8) is 0 Å². The van der Waals surface area contributed by atoms with E-state index in [1.54, 1.807) is 18.2 Å². The summed E-state index contributed by atoms with van der Waals surface area (Å²) in [7, 11) is 0. The number of halogens is 1. The van der Waals surface area contributed by atoms with E-state index in [1.807, 2.05) is 0 Å². The third kappa shape index (κ3) is 1.12. The maximum Gasteiger partial charge on any atom is 0.354 e. The third-order valence-electron chi connectivity index (χ3n) is 2.48. The Morgan fingerprint density at radius 3 is 3.00 bits per heavy atom. The average molecular weight is 236 g/mol. The zero-order chi connectivity index (χ0) is 11.3. The van der Waals surface area contributed by atoms with Crippen molar-refractivity contribution in [1.82, 2.24) is 15.2 Å². The number of carboxylic acids is 1. The summed E-state index contributed by atoms with van der Waals surface area (Å²) in [4.78, 5) is 14.0. The number of nitrogens with zero attached hydrogens (tertiary/aromatic N) is 1. The van der Waals surface area contributed by atoms with Crippen molar-refractivity contribution in [3.05, 3.63) is 28.9 Å². The molecule has 0 radical (unpaired) electrons. The molecule has 0 unspecified atom stereocenters. The Kier molecular flexibility index (Phi) is 1.73. The Bertz CT molecular complexity index is 713. The van der Waals surface area contributed by atoms with Gasteiger partial charge in [0.15, 0.2) is 11.3 Å². The van der Waals surface area contributed by atoms with Crippen LogP contribution in [0, 0.1) is 0 Å². The maximum absolute atomic E-state index is 11.0. The highest BCUT2D eigenvalue weighted by Crippen LogP contribution is 2.28. The molecule has 0 amide bonds. The number of carboxylic acid groups (broad SMARTS) is 1. The number of aromatic carboxylic acids is 1. The van der Waals surface area contributed by atoms with Gasteiger partial charge in [-0.15, -0.1) is 0 Å². The molecule has 0 saturated carbocycles. The molecule has 5 nitrogen and oxygen atoms in total. The highest BCUT2D eigenvalue weighted by Gasteiger charge is 2.17. The van der Waals surface area contributed by atoms with E-state index >= 15 is 0 Å². The van der Waals surface area contributed by atoms with E-state index in [9.17, 15) is 4.79 Å². The van der Waals surface area contributed by atoms with Crippen molar-refractivity contribution in [2.24, 2.45) is 0 Å². The molecule has 1 aromatic carbocycles. The first-order valence-corrected chi connectivity index (χ1v) is 4.93. The second-order valence-electron chi connectivity index (χ2n) is 3.44. The SMILES string of the molecule is O=C(O)c1[nH]nc2[nH]c3ccc(Cl)cc3c12. The van der Waals surface area contributed by atoms with Gasteiger partial charge < -0.3 is 10.1 Å². The van der Waals surface area contributed by atoms with Crippen molar-refractivity contribution < 1.29 is 9.90 Å². The molecule has 3 aromatic rings. The molecule has 3 N–H and O–H groups in total. The lowest BCUT2D eigenvalue weighted by Gasteiger charge is -1.92. The van der Waals surface area contributed by atoms with Crippen LogP contribution in [0.1, 0.15) is 10.5 Å². The largest absolute Gasteiger partial charge is 0.477 e. The normalized spacial score (nSPS) is 11.3. The van der Waals surface area contributed by atoms with Crippen LogP contribution in [0.3, 0.4) is 0 Å². The number of carbonyl (C=O) groups is 1. The third-order valence-corrected chi connectivity index (χ3v) is 2.72. The van der Waals surface area contributed by atoms with Gasteiger partial charge >= 0.3 is 5.97 Å². The number of rotatable bonds is 1. The van der Waals surface area contributed by atoms with Crippen LogP contribution >= 0.6 is 11.6 Å². The fourth-order valence-electron chi connectivity index (χ4n) is 1.81. The predicted molar refractivity (Wildman–Crippen MR) is 59.9 cm³/mol. The van der Waals surface area contributed by atoms with Gasteiger partial charge in [0.1, 0.15) is 0 Å². The van der Waals surface area contributed by atoms with Gasteiger partial charge in [-0.2, -0.15) is 5.10 Å². The van der Waals surface area contributed by atoms with Gasteiger partial charge in [0.25, 0.3) is 0 Å². The second-order valence-corrected chi connectivity index (χ2v) is 3.88. The monoisotopic (exact) mass is 235 g/mol. The van der Waals surface area contributed by atoms with Crippen LogP contribution in [0.2, 0.25) is 5.02 Å². The molecule has 80 valence electrons. The number of H-pyrrole nitrogens is 2.